The Bertz CT molecular complexity index is 1170. The summed E-state index contributed by atoms with van der Waals surface area (Å²) in [6, 6.07) is 11.8. The third-order valence-corrected chi connectivity index (χ3v) is 7.52. The number of hydrogen-bond acceptors (Lipinski definition) is 5. The number of ether oxygens (including phenoxy) is 1. The van der Waals surface area contributed by atoms with Crippen molar-refractivity contribution in [1.82, 2.24) is 10.2 Å². The van der Waals surface area contributed by atoms with Crippen molar-refractivity contribution in [2.75, 3.05) is 24.2 Å². The Labute approximate surface area is 215 Å². The highest BCUT2D eigenvalue weighted by Gasteiger charge is 2.32. The van der Waals surface area contributed by atoms with Crippen LogP contribution in [0.25, 0.3) is 0 Å². The van der Waals surface area contributed by atoms with E-state index < -0.39 is 28.5 Å². The van der Waals surface area contributed by atoms with Crippen LogP contribution in [-0.2, 0) is 26.2 Å². The van der Waals surface area contributed by atoms with Crippen LogP contribution in [0.3, 0.4) is 0 Å². The molecule has 0 aliphatic rings. The van der Waals surface area contributed by atoms with E-state index in [9.17, 15) is 18.0 Å². The van der Waals surface area contributed by atoms with Gasteiger partial charge in [0.25, 0.3) is 0 Å². The Morgan fingerprint density at radius 3 is 2.31 bits per heavy atom. The molecule has 2 unspecified atom stereocenters. The molecule has 1 N–H and O–H groups in total. The quantitative estimate of drug-likeness (QED) is 0.462. The zero-order chi connectivity index (χ0) is 27.0. The third-order valence-electron chi connectivity index (χ3n) is 6.40. The predicted octanol–water partition coefficient (Wildman–Crippen LogP) is 3.80. The summed E-state index contributed by atoms with van der Waals surface area (Å²) in [6.45, 7) is 9.15. The van der Waals surface area contributed by atoms with E-state index in [0.29, 0.717) is 17.9 Å². The summed E-state index contributed by atoms with van der Waals surface area (Å²) in [6.07, 6.45) is 2.21. The van der Waals surface area contributed by atoms with Crippen LogP contribution in [0.5, 0.6) is 5.75 Å². The fraction of sp³-hybridized carbons (Fsp3) is 0.481. The van der Waals surface area contributed by atoms with Crippen LogP contribution in [0.2, 0.25) is 0 Å². The van der Waals surface area contributed by atoms with E-state index in [1.807, 2.05) is 52.8 Å². The number of carbonyl (C=O) groups excluding carboxylic acids is 2. The highest BCUT2D eigenvalue weighted by Crippen LogP contribution is 2.26. The lowest BCUT2D eigenvalue weighted by molar-refractivity contribution is -0.140. The molecule has 0 aromatic heterocycles. The molecule has 0 fully saturated rings. The van der Waals surface area contributed by atoms with Crippen LogP contribution in [0.1, 0.15) is 50.3 Å². The number of amides is 2. The summed E-state index contributed by atoms with van der Waals surface area (Å²) in [5.41, 5.74) is 2.91. The van der Waals surface area contributed by atoms with E-state index in [2.05, 4.69) is 5.32 Å². The summed E-state index contributed by atoms with van der Waals surface area (Å²) in [5, 5.41) is 2.97. The Hall–Kier alpha value is -3.07. The SMILES string of the molecule is CCC(C)NC(=O)C(CC)N(Cc1cccc(OC)c1)C(=O)CN(c1cccc(C)c1C)S(C)(=O)=O. The Balaban J connectivity index is 2.50. The number of aryl methyl sites for hydroxylation is 1. The summed E-state index contributed by atoms with van der Waals surface area (Å²) in [5.74, 6) is -0.0961. The summed E-state index contributed by atoms with van der Waals surface area (Å²) in [4.78, 5) is 28.5. The van der Waals surface area contributed by atoms with Crippen molar-refractivity contribution in [3.8, 4) is 5.75 Å². The monoisotopic (exact) mass is 517 g/mol. The number of carbonyl (C=O) groups is 2. The van der Waals surface area contributed by atoms with E-state index >= 15 is 0 Å². The van der Waals surface area contributed by atoms with E-state index in [4.69, 9.17) is 4.74 Å². The van der Waals surface area contributed by atoms with Gasteiger partial charge in [-0.3, -0.25) is 13.9 Å². The molecule has 0 bridgehead atoms. The van der Waals surface area contributed by atoms with Crippen molar-refractivity contribution < 1.29 is 22.7 Å². The average molecular weight is 518 g/mol. The van der Waals surface area contributed by atoms with E-state index in [0.717, 1.165) is 33.7 Å². The van der Waals surface area contributed by atoms with Gasteiger partial charge < -0.3 is 15.0 Å². The number of nitrogens with one attached hydrogen (secondary N) is 1. The molecule has 9 heteroatoms. The molecule has 8 nitrogen and oxygen atoms in total. The van der Waals surface area contributed by atoms with Crippen LogP contribution in [0.4, 0.5) is 5.69 Å². The molecular formula is C27H39N3O5S. The Morgan fingerprint density at radius 2 is 1.72 bits per heavy atom. The maximum atomic E-state index is 13.8. The van der Waals surface area contributed by atoms with Gasteiger partial charge in [0.1, 0.15) is 18.3 Å². The van der Waals surface area contributed by atoms with Crippen molar-refractivity contribution in [1.29, 1.82) is 0 Å². The van der Waals surface area contributed by atoms with Crippen molar-refractivity contribution in [3.63, 3.8) is 0 Å². The maximum Gasteiger partial charge on any atom is 0.244 e. The highest BCUT2D eigenvalue weighted by molar-refractivity contribution is 7.92. The lowest BCUT2D eigenvalue weighted by atomic mass is 10.1. The maximum absolute atomic E-state index is 13.8. The topological polar surface area (TPSA) is 96.0 Å². The first-order valence-electron chi connectivity index (χ1n) is 12.2. The van der Waals surface area contributed by atoms with Gasteiger partial charge in [-0.05, 0) is 68.5 Å². The zero-order valence-electron chi connectivity index (χ0n) is 22.4. The lowest BCUT2D eigenvalue weighted by Crippen LogP contribution is -2.53. The number of hydrogen-bond donors (Lipinski definition) is 1. The largest absolute Gasteiger partial charge is 0.497 e. The average Bonchev–Trinajstić information content (AvgIpc) is 2.83. The third kappa shape index (κ3) is 7.46. The number of methoxy groups -OCH3 is 1. The fourth-order valence-corrected chi connectivity index (χ4v) is 4.83. The number of rotatable bonds is 12. The second-order valence-electron chi connectivity index (χ2n) is 9.10. The van der Waals surface area contributed by atoms with Crippen molar-refractivity contribution >= 4 is 27.5 Å². The molecule has 0 aliphatic carbocycles. The first-order chi connectivity index (χ1) is 16.9. The smallest absolute Gasteiger partial charge is 0.244 e. The van der Waals surface area contributed by atoms with Crippen LogP contribution in [-0.4, -0.2) is 57.1 Å². The van der Waals surface area contributed by atoms with Gasteiger partial charge in [0.15, 0.2) is 0 Å². The molecule has 2 rings (SSSR count). The lowest BCUT2D eigenvalue weighted by Gasteiger charge is -2.33. The molecule has 0 spiro atoms. The van der Waals surface area contributed by atoms with Crippen LogP contribution < -0.4 is 14.4 Å². The second kappa shape index (κ2) is 12.8. The molecule has 0 saturated carbocycles. The van der Waals surface area contributed by atoms with Gasteiger partial charge in [-0.25, -0.2) is 8.42 Å². The molecule has 2 amide bonds. The first-order valence-corrected chi connectivity index (χ1v) is 14.0. The molecule has 2 aromatic carbocycles. The molecule has 0 aliphatic heterocycles. The van der Waals surface area contributed by atoms with Gasteiger partial charge in [0, 0.05) is 12.6 Å². The zero-order valence-corrected chi connectivity index (χ0v) is 23.2. The van der Waals surface area contributed by atoms with Gasteiger partial charge in [0.05, 0.1) is 19.1 Å². The van der Waals surface area contributed by atoms with E-state index in [1.54, 1.807) is 31.4 Å². The number of benzene rings is 2. The standard InChI is InChI=1S/C27H39N3O5S/c1-8-20(4)28-27(32)24(9-2)29(17-22-13-11-14-23(16-22)35-6)26(31)18-30(36(7,33)34)25-15-10-12-19(3)21(25)5/h10-16,20,24H,8-9,17-18H2,1-7H3,(H,28,32). The molecule has 36 heavy (non-hydrogen) atoms. The molecule has 198 valence electrons. The van der Waals surface area contributed by atoms with Crippen LogP contribution in [0.15, 0.2) is 42.5 Å². The minimum absolute atomic E-state index is 0.0530. The van der Waals surface area contributed by atoms with Crippen molar-refractivity contribution in [2.24, 2.45) is 0 Å². The molecule has 0 saturated heterocycles. The number of sulfonamides is 1. The van der Waals surface area contributed by atoms with E-state index in [1.165, 1.54) is 4.90 Å². The molecule has 2 aromatic rings. The predicted molar refractivity (Wildman–Crippen MR) is 144 cm³/mol. The van der Waals surface area contributed by atoms with Crippen molar-refractivity contribution in [3.05, 3.63) is 59.2 Å². The Kier molecular flexibility index (Phi) is 10.3. The molecule has 0 heterocycles. The number of anilines is 1. The van der Waals surface area contributed by atoms with Gasteiger partial charge in [-0.15, -0.1) is 0 Å². The highest BCUT2D eigenvalue weighted by atomic mass is 32.2. The van der Waals surface area contributed by atoms with E-state index in [-0.39, 0.29) is 18.5 Å². The molecule has 2 atom stereocenters. The number of nitrogens with zero attached hydrogens (tertiary/aromatic N) is 2. The minimum atomic E-state index is -3.78. The minimum Gasteiger partial charge on any atom is -0.497 e. The normalized spacial score (nSPS) is 13.0. The first kappa shape index (κ1) is 29.2. The van der Waals surface area contributed by atoms with Crippen LogP contribution >= 0.6 is 0 Å². The summed E-state index contributed by atoms with van der Waals surface area (Å²) in [7, 11) is -2.22. The fourth-order valence-electron chi connectivity index (χ4n) is 3.93. The molecular weight excluding hydrogens is 478 g/mol. The summed E-state index contributed by atoms with van der Waals surface area (Å²) < 4.78 is 32.1. The summed E-state index contributed by atoms with van der Waals surface area (Å²) >= 11 is 0. The van der Waals surface area contributed by atoms with Gasteiger partial charge in [0.2, 0.25) is 21.8 Å². The van der Waals surface area contributed by atoms with Crippen molar-refractivity contribution in [2.45, 2.75) is 66.1 Å². The Morgan fingerprint density at radius 1 is 1.06 bits per heavy atom. The molecule has 0 radical (unpaired) electrons. The second-order valence-corrected chi connectivity index (χ2v) is 11.0. The van der Waals surface area contributed by atoms with Gasteiger partial charge in [-0.1, -0.05) is 38.1 Å². The van der Waals surface area contributed by atoms with Gasteiger partial charge in [-0.2, -0.15) is 0 Å². The van der Waals surface area contributed by atoms with Gasteiger partial charge >= 0.3 is 0 Å². The van der Waals surface area contributed by atoms with Crippen LogP contribution in [0, 0.1) is 13.8 Å².